The third-order valence-electron chi connectivity index (χ3n) is 3.58. The van der Waals surface area contributed by atoms with Crippen LogP contribution >= 0.6 is 22.7 Å². The summed E-state index contributed by atoms with van der Waals surface area (Å²) in [6, 6.07) is 4.20. The number of fused-ring (bicyclic) bond motifs is 1. The molecule has 1 aliphatic heterocycles. The van der Waals surface area contributed by atoms with Crippen LogP contribution in [0.1, 0.15) is 25.7 Å². The first-order valence-corrected chi connectivity index (χ1v) is 8.20. The molecular weight excluding hydrogens is 304 g/mol. The van der Waals surface area contributed by atoms with Crippen molar-refractivity contribution in [3.05, 3.63) is 32.3 Å². The summed E-state index contributed by atoms with van der Waals surface area (Å²) < 4.78 is 0. The highest BCUT2D eigenvalue weighted by molar-refractivity contribution is 7.17. The Hall–Kier alpha value is -2.04. The lowest BCUT2D eigenvalue weighted by molar-refractivity contribution is 0.0965. The lowest BCUT2D eigenvalue weighted by Crippen LogP contribution is -2.31. The molecule has 0 aliphatic carbocycles. The molecular formula is C14H14N4OS2. The number of nitrogens with one attached hydrogen (secondary N) is 1. The normalized spacial score (nSPS) is 13.6. The van der Waals surface area contributed by atoms with Gasteiger partial charge in [-0.05, 0) is 23.4 Å². The van der Waals surface area contributed by atoms with E-state index in [0.717, 1.165) is 24.5 Å². The lowest BCUT2D eigenvalue weighted by atomic mass is 10.1. The Labute approximate surface area is 130 Å². The van der Waals surface area contributed by atoms with Crippen LogP contribution in [0.3, 0.4) is 0 Å². The molecule has 1 aliphatic rings. The van der Waals surface area contributed by atoms with Gasteiger partial charge in [-0.15, -0.1) is 22.7 Å². The molecule has 21 heavy (non-hydrogen) atoms. The number of rotatable bonds is 2. The molecule has 0 bridgehead atoms. The average molecular weight is 318 g/mol. The first kappa shape index (κ1) is 13.9. The molecule has 1 amide bonds. The van der Waals surface area contributed by atoms with E-state index in [-0.39, 0.29) is 11.6 Å². The van der Waals surface area contributed by atoms with Crippen LogP contribution in [0.25, 0.3) is 0 Å². The average Bonchev–Trinajstić information content (AvgIpc) is 3.09. The van der Waals surface area contributed by atoms with Crippen LogP contribution in [-0.2, 0) is 13.0 Å². The highest BCUT2D eigenvalue weighted by atomic mass is 32.1. The molecule has 0 fully saturated rings. The second-order valence-corrected chi connectivity index (χ2v) is 6.76. The molecule has 0 aromatic carbocycles. The van der Waals surface area contributed by atoms with Crippen LogP contribution in [0.2, 0.25) is 0 Å². The van der Waals surface area contributed by atoms with E-state index in [1.54, 1.807) is 18.4 Å². The maximum Gasteiger partial charge on any atom is 0.256 e. The minimum absolute atomic E-state index is 0.239. The topological polar surface area (TPSA) is 82.2 Å². The minimum atomic E-state index is -0.239. The molecule has 7 heteroatoms. The lowest BCUT2D eigenvalue weighted by Gasteiger charge is -2.28. The number of carbonyl (C=O) groups excluding carboxylic acids is 1. The molecule has 108 valence electrons. The van der Waals surface area contributed by atoms with Gasteiger partial charge in [0.1, 0.15) is 15.9 Å². The first-order valence-electron chi connectivity index (χ1n) is 6.50. The Morgan fingerprint density at radius 3 is 3.10 bits per heavy atom. The van der Waals surface area contributed by atoms with Gasteiger partial charge in [0.25, 0.3) is 5.91 Å². The van der Waals surface area contributed by atoms with Crippen molar-refractivity contribution in [1.82, 2.24) is 5.32 Å². The molecule has 3 heterocycles. The number of amides is 1. The molecule has 3 N–H and O–H groups in total. The summed E-state index contributed by atoms with van der Waals surface area (Å²) in [5, 5.41) is 14.7. The Morgan fingerprint density at radius 1 is 1.57 bits per heavy atom. The van der Waals surface area contributed by atoms with Crippen molar-refractivity contribution in [1.29, 1.82) is 5.26 Å². The number of nitrogen functional groups attached to an aromatic ring is 1. The minimum Gasteiger partial charge on any atom is -0.396 e. The predicted octanol–water partition coefficient (Wildman–Crippen LogP) is 2.19. The summed E-state index contributed by atoms with van der Waals surface area (Å²) in [6.45, 7) is 1.59. The van der Waals surface area contributed by atoms with E-state index in [0.29, 0.717) is 10.4 Å². The van der Waals surface area contributed by atoms with Gasteiger partial charge in [0.05, 0.1) is 11.3 Å². The summed E-state index contributed by atoms with van der Waals surface area (Å²) in [5.41, 5.74) is 7.98. The zero-order chi connectivity index (χ0) is 15.0. The summed E-state index contributed by atoms with van der Waals surface area (Å²) >= 11 is 3.07. The molecule has 0 unspecified atom stereocenters. The molecule has 2 aromatic heterocycles. The van der Waals surface area contributed by atoms with Gasteiger partial charge >= 0.3 is 0 Å². The van der Waals surface area contributed by atoms with Crippen LogP contribution in [0.4, 0.5) is 10.7 Å². The number of thiophene rings is 2. The summed E-state index contributed by atoms with van der Waals surface area (Å²) in [7, 11) is 1.57. The van der Waals surface area contributed by atoms with E-state index in [4.69, 9.17) is 11.0 Å². The van der Waals surface area contributed by atoms with Crippen LogP contribution in [0.5, 0.6) is 0 Å². The fourth-order valence-electron chi connectivity index (χ4n) is 2.50. The number of hydrogen-bond acceptors (Lipinski definition) is 6. The second-order valence-electron chi connectivity index (χ2n) is 4.76. The van der Waals surface area contributed by atoms with Crippen LogP contribution in [0, 0.1) is 11.3 Å². The summed E-state index contributed by atoms with van der Waals surface area (Å²) in [4.78, 5) is 16.0. The van der Waals surface area contributed by atoms with E-state index in [1.807, 2.05) is 0 Å². The van der Waals surface area contributed by atoms with Gasteiger partial charge in [0, 0.05) is 25.0 Å². The molecule has 0 atom stereocenters. The molecule has 3 rings (SSSR count). The Kier molecular flexibility index (Phi) is 3.57. The predicted molar refractivity (Wildman–Crippen MR) is 85.9 cm³/mol. The smallest absolute Gasteiger partial charge is 0.256 e. The van der Waals surface area contributed by atoms with Gasteiger partial charge < -0.3 is 16.0 Å². The van der Waals surface area contributed by atoms with Crippen molar-refractivity contribution in [2.24, 2.45) is 0 Å². The van der Waals surface area contributed by atoms with Crippen molar-refractivity contribution in [2.75, 3.05) is 24.2 Å². The van der Waals surface area contributed by atoms with E-state index in [9.17, 15) is 4.79 Å². The Morgan fingerprint density at radius 2 is 2.38 bits per heavy atom. The fraction of sp³-hybridized carbons (Fsp3) is 0.286. The van der Waals surface area contributed by atoms with E-state index in [2.05, 4.69) is 27.7 Å². The third-order valence-corrected chi connectivity index (χ3v) is 5.77. The van der Waals surface area contributed by atoms with Gasteiger partial charge in [0.15, 0.2) is 0 Å². The summed E-state index contributed by atoms with van der Waals surface area (Å²) in [5.74, 6) is -0.239. The van der Waals surface area contributed by atoms with Gasteiger partial charge in [-0.3, -0.25) is 4.79 Å². The molecule has 0 radical (unpaired) electrons. The van der Waals surface area contributed by atoms with Gasteiger partial charge in [-0.2, -0.15) is 5.26 Å². The fourth-order valence-corrected chi connectivity index (χ4v) is 4.43. The number of nitrogens with zero attached hydrogens (tertiary/aromatic N) is 2. The van der Waals surface area contributed by atoms with Crippen LogP contribution < -0.4 is 16.0 Å². The third kappa shape index (κ3) is 2.26. The Bertz CT molecular complexity index is 741. The zero-order valence-corrected chi connectivity index (χ0v) is 13.1. The van der Waals surface area contributed by atoms with Crippen molar-refractivity contribution in [2.45, 2.75) is 13.0 Å². The van der Waals surface area contributed by atoms with E-state index < -0.39 is 0 Å². The Balaban J connectivity index is 2.03. The zero-order valence-electron chi connectivity index (χ0n) is 11.5. The standard InChI is InChI=1S/C14H14N4OS2/c1-17-13(19)11-12(16)10(6-15)21-14(11)18-4-2-9-8(7-18)3-5-20-9/h3,5H,2,4,7,16H2,1H3,(H,17,19). The quantitative estimate of drug-likeness (QED) is 0.889. The van der Waals surface area contributed by atoms with E-state index >= 15 is 0 Å². The number of nitrogens with two attached hydrogens (primary N) is 1. The largest absolute Gasteiger partial charge is 0.396 e. The number of carbonyl (C=O) groups is 1. The number of hydrogen-bond donors (Lipinski definition) is 2. The highest BCUT2D eigenvalue weighted by Crippen LogP contribution is 2.40. The molecule has 2 aromatic rings. The van der Waals surface area contributed by atoms with Gasteiger partial charge in [0.2, 0.25) is 0 Å². The number of nitriles is 1. The number of anilines is 2. The van der Waals surface area contributed by atoms with Crippen molar-refractivity contribution >= 4 is 39.3 Å². The first-order chi connectivity index (χ1) is 10.2. The van der Waals surface area contributed by atoms with Gasteiger partial charge in [-0.25, -0.2) is 0 Å². The van der Waals surface area contributed by atoms with Crippen molar-refractivity contribution < 1.29 is 4.79 Å². The molecule has 0 saturated carbocycles. The summed E-state index contributed by atoms with van der Waals surface area (Å²) in [6.07, 6.45) is 0.958. The second kappa shape index (κ2) is 5.39. The van der Waals surface area contributed by atoms with Crippen molar-refractivity contribution in [3.63, 3.8) is 0 Å². The van der Waals surface area contributed by atoms with Gasteiger partial charge in [-0.1, -0.05) is 0 Å². The SMILES string of the molecule is CNC(=O)c1c(N2CCc3sccc3C2)sc(C#N)c1N. The van der Waals surface area contributed by atoms with Crippen LogP contribution in [-0.4, -0.2) is 19.5 Å². The molecule has 0 spiro atoms. The maximum absolute atomic E-state index is 12.1. The monoisotopic (exact) mass is 318 g/mol. The molecule has 5 nitrogen and oxygen atoms in total. The highest BCUT2D eigenvalue weighted by Gasteiger charge is 2.27. The van der Waals surface area contributed by atoms with E-state index in [1.165, 1.54) is 21.8 Å². The van der Waals surface area contributed by atoms with Crippen molar-refractivity contribution in [3.8, 4) is 6.07 Å². The van der Waals surface area contributed by atoms with Crippen LogP contribution in [0.15, 0.2) is 11.4 Å². The maximum atomic E-state index is 12.1. The molecule has 0 saturated heterocycles.